The van der Waals surface area contributed by atoms with Crippen LogP contribution in [0.1, 0.15) is 29.7 Å². The van der Waals surface area contributed by atoms with Gasteiger partial charge in [-0.05, 0) is 0 Å². The standard InChI is InChI=1S/C4H6O5.4CH4.Ag/c5-1-4(8)9-2-3(6)7;;;;;/h5H,1-2H2,(H,6,7);4*1H4;. The van der Waals surface area contributed by atoms with Crippen molar-refractivity contribution in [2.24, 2.45) is 0 Å². The molecule has 0 fully saturated rings. The van der Waals surface area contributed by atoms with Crippen molar-refractivity contribution in [3.8, 4) is 0 Å². The van der Waals surface area contributed by atoms with Crippen molar-refractivity contribution in [3.05, 3.63) is 0 Å². The van der Waals surface area contributed by atoms with E-state index in [1.807, 2.05) is 0 Å². The summed E-state index contributed by atoms with van der Waals surface area (Å²) in [5, 5.41) is 15.9. The van der Waals surface area contributed by atoms with Crippen LogP contribution in [0.3, 0.4) is 0 Å². The van der Waals surface area contributed by atoms with Crippen molar-refractivity contribution in [2.75, 3.05) is 13.2 Å². The van der Waals surface area contributed by atoms with Gasteiger partial charge in [0, 0.05) is 22.4 Å². The van der Waals surface area contributed by atoms with Crippen LogP contribution in [0.25, 0.3) is 0 Å². The van der Waals surface area contributed by atoms with Crippen LogP contribution >= 0.6 is 0 Å². The summed E-state index contributed by atoms with van der Waals surface area (Å²) in [7, 11) is 0. The molecule has 0 aromatic carbocycles. The number of ether oxygens (including phenoxy) is 1. The number of hydrogen-bond donors (Lipinski definition) is 2. The van der Waals surface area contributed by atoms with Crippen LogP contribution in [0, 0.1) is 0 Å². The molecule has 14 heavy (non-hydrogen) atoms. The van der Waals surface area contributed by atoms with E-state index in [2.05, 4.69) is 4.74 Å². The first-order valence-electron chi connectivity index (χ1n) is 2.15. The molecule has 0 aliphatic carbocycles. The van der Waals surface area contributed by atoms with E-state index >= 15 is 0 Å². The first kappa shape index (κ1) is 37.3. The van der Waals surface area contributed by atoms with Crippen molar-refractivity contribution < 1.29 is 46.9 Å². The molecule has 0 saturated carbocycles. The normalized spacial score (nSPS) is 5.50. The van der Waals surface area contributed by atoms with Crippen molar-refractivity contribution >= 4 is 11.9 Å². The van der Waals surface area contributed by atoms with Gasteiger partial charge in [-0.25, -0.2) is 9.59 Å². The first-order chi connectivity index (χ1) is 4.16. The molecule has 0 saturated heterocycles. The maximum atomic E-state index is 9.98. The molecule has 0 unspecified atom stereocenters. The van der Waals surface area contributed by atoms with Crippen molar-refractivity contribution in [1.29, 1.82) is 0 Å². The average Bonchev–Trinajstić information content (AvgIpc) is 1.83. The zero-order valence-electron chi connectivity index (χ0n) is 4.83. The Morgan fingerprint density at radius 3 is 1.64 bits per heavy atom. The van der Waals surface area contributed by atoms with Crippen molar-refractivity contribution in [2.45, 2.75) is 29.7 Å². The van der Waals surface area contributed by atoms with Gasteiger partial charge in [-0.1, -0.05) is 29.7 Å². The Labute approximate surface area is 102 Å². The van der Waals surface area contributed by atoms with E-state index in [-0.39, 0.29) is 52.1 Å². The molecule has 1 radical (unpaired) electrons. The molecular weight excluding hydrogens is 284 g/mol. The molecule has 0 heterocycles. The number of aliphatic carboxylic acids is 1. The monoisotopic (exact) mass is 305 g/mol. The minimum Gasteiger partial charge on any atom is -0.479 e. The molecule has 0 atom stereocenters. The number of hydrogen-bond acceptors (Lipinski definition) is 4. The van der Waals surface area contributed by atoms with Crippen molar-refractivity contribution in [1.82, 2.24) is 0 Å². The van der Waals surface area contributed by atoms with E-state index in [0.29, 0.717) is 0 Å². The quantitative estimate of drug-likeness (QED) is 0.603. The zero-order chi connectivity index (χ0) is 7.28. The summed E-state index contributed by atoms with van der Waals surface area (Å²) in [6.07, 6.45) is 0. The second-order valence-corrected chi connectivity index (χ2v) is 1.21. The first-order valence-corrected chi connectivity index (χ1v) is 2.15. The van der Waals surface area contributed by atoms with Crippen LogP contribution in [0.4, 0.5) is 0 Å². The fourth-order valence-electron chi connectivity index (χ4n) is 0.188. The number of carbonyl (C=O) groups excluding carboxylic acids is 1. The van der Waals surface area contributed by atoms with E-state index in [4.69, 9.17) is 10.2 Å². The van der Waals surface area contributed by atoms with Gasteiger partial charge in [-0.3, -0.25) is 0 Å². The van der Waals surface area contributed by atoms with Gasteiger partial charge in [0.05, 0.1) is 0 Å². The SMILES string of the molecule is C.C.C.C.O=C(O)COC(=O)CO.[Ag]. The molecule has 0 aromatic rings. The Bertz CT molecular complexity index is 127. The van der Waals surface area contributed by atoms with E-state index in [1.165, 1.54) is 0 Å². The van der Waals surface area contributed by atoms with E-state index in [0.717, 1.165) is 0 Å². The van der Waals surface area contributed by atoms with Crippen LogP contribution in [0.2, 0.25) is 0 Å². The largest absolute Gasteiger partial charge is 0.479 e. The minimum absolute atomic E-state index is 0. The second-order valence-electron chi connectivity index (χ2n) is 1.21. The van der Waals surface area contributed by atoms with Gasteiger partial charge in [0.1, 0.15) is 6.61 Å². The molecule has 0 amide bonds. The average molecular weight is 306 g/mol. The smallest absolute Gasteiger partial charge is 0.341 e. The summed E-state index contributed by atoms with van der Waals surface area (Å²) in [6, 6.07) is 0. The van der Waals surface area contributed by atoms with Gasteiger partial charge >= 0.3 is 11.9 Å². The third-order valence-electron chi connectivity index (χ3n) is 0.486. The Kier molecular flexibility index (Phi) is 61.2. The number of rotatable bonds is 3. The fourth-order valence-corrected chi connectivity index (χ4v) is 0.188. The summed E-state index contributed by atoms with van der Waals surface area (Å²) >= 11 is 0. The molecule has 6 heteroatoms. The fraction of sp³-hybridized carbons (Fsp3) is 0.750. The van der Waals surface area contributed by atoms with Crippen LogP contribution in [-0.2, 0) is 36.7 Å². The van der Waals surface area contributed by atoms with E-state index < -0.39 is 25.2 Å². The Balaban J connectivity index is -0.0000000320. The van der Waals surface area contributed by atoms with Crippen LogP contribution in [-0.4, -0.2) is 35.4 Å². The number of aliphatic hydroxyl groups excluding tert-OH is 1. The summed E-state index contributed by atoms with van der Waals surface area (Å²) < 4.78 is 3.96. The molecule has 0 spiro atoms. The molecule has 0 rings (SSSR count). The predicted octanol–water partition coefficient (Wildman–Crippen LogP) is 1.15. The van der Waals surface area contributed by atoms with Gasteiger partial charge in [0.2, 0.25) is 0 Å². The number of carboxylic acid groups (broad SMARTS) is 1. The predicted molar refractivity (Wildman–Crippen MR) is 52.6 cm³/mol. The van der Waals surface area contributed by atoms with Crippen molar-refractivity contribution in [3.63, 3.8) is 0 Å². The van der Waals surface area contributed by atoms with Crippen LogP contribution < -0.4 is 0 Å². The summed E-state index contributed by atoms with van der Waals surface area (Å²) in [4.78, 5) is 19.6. The third-order valence-corrected chi connectivity index (χ3v) is 0.486. The van der Waals surface area contributed by atoms with Gasteiger partial charge in [0.25, 0.3) is 0 Å². The maximum Gasteiger partial charge on any atom is 0.341 e. The van der Waals surface area contributed by atoms with Gasteiger partial charge in [0.15, 0.2) is 6.61 Å². The molecular formula is C8H22AgO5. The molecule has 2 N–H and O–H groups in total. The van der Waals surface area contributed by atoms with Gasteiger partial charge in [-0.15, -0.1) is 0 Å². The number of esters is 1. The van der Waals surface area contributed by atoms with Gasteiger partial charge in [-0.2, -0.15) is 0 Å². The zero-order valence-corrected chi connectivity index (χ0v) is 6.32. The van der Waals surface area contributed by atoms with Crippen LogP contribution in [0.15, 0.2) is 0 Å². The Morgan fingerprint density at radius 1 is 1.07 bits per heavy atom. The van der Waals surface area contributed by atoms with E-state index in [1.54, 1.807) is 0 Å². The third kappa shape index (κ3) is 29.9. The molecule has 0 aliphatic heterocycles. The summed E-state index contributed by atoms with van der Waals surface area (Å²) in [6.45, 7) is -1.48. The van der Waals surface area contributed by atoms with Crippen LogP contribution in [0.5, 0.6) is 0 Å². The number of carbonyl (C=O) groups is 2. The molecule has 0 aliphatic rings. The van der Waals surface area contributed by atoms with E-state index in [9.17, 15) is 9.59 Å². The summed E-state index contributed by atoms with van der Waals surface area (Å²) in [5.41, 5.74) is 0. The summed E-state index contributed by atoms with van der Waals surface area (Å²) in [5.74, 6) is -2.17. The van der Waals surface area contributed by atoms with Gasteiger partial charge < -0.3 is 14.9 Å². The molecule has 0 aromatic heterocycles. The maximum absolute atomic E-state index is 9.98. The number of carboxylic acids is 1. The minimum atomic E-state index is -1.24. The Morgan fingerprint density at radius 2 is 1.43 bits per heavy atom. The molecule has 95 valence electrons. The molecule has 0 bridgehead atoms. The second kappa shape index (κ2) is 22.9. The Hall–Kier alpha value is -0.360. The number of aliphatic hydroxyl groups is 1. The topological polar surface area (TPSA) is 83.8 Å². The molecule has 5 nitrogen and oxygen atoms in total.